The second-order valence-electron chi connectivity index (χ2n) is 9.94. The number of amides is 2. The normalized spacial score (nSPS) is 17.5. The molecular weight excluding hydrogens is 530 g/mol. The van der Waals surface area contributed by atoms with Gasteiger partial charge in [0.15, 0.2) is 0 Å². The van der Waals surface area contributed by atoms with Crippen LogP contribution in [0.5, 0.6) is 5.75 Å². The molecule has 3 aromatic rings. The smallest absolute Gasteiger partial charge is 0.262 e. The summed E-state index contributed by atoms with van der Waals surface area (Å²) in [4.78, 5) is 31.5. The highest BCUT2D eigenvalue weighted by Gasteiger charge is 2.35. The number of benzene rings is 2. The molecule has 2 aliphatic rings. The minimum absolute atomic E-state index is 0.120. The molecule has 3 heterocycles. The highest BCUT2D eigenvalue weighted by Crippen LogP contribution is 2.34. The van der Waals surface area contributed by atoms with E-state index in [0.717, 1.165) is 35.8 Å². The van der Waals surface area contributed by atoms with Crippen LogP contribution in [-0.4, -0.2) is 89.9 Å². The van der Waals surface area contributed by atoms with E-state index in [-0.39, 0.29) is 24.4 Å². The lowest BCUT2D eigenvalue weighted by Gasteiger charge is -2.31. The zero-order valence-corrected chi connectivity index (χ0v) is 23.6. The SMILES string of the molecule is COc1ccc([C@H]2CC(c3cccn3C)=NN2C(=O)CN(CCN2CCOCC2)C(=O)c2ccccc2Cl)cc1. The molecule has 9 nitrogen and oxygen atoms in total. The number of carbonyl (C=O) groups excluding carboxylic acids is 2. The third kappa shape index (κ3) is 6.22. The van der Waals surface area contributed by atoms with Crippen LogP contribution < -0.4 is 4.74 Å². The van der Waals surface area contributed by atoms with Crippen molar-refractivity contribution in [1.82, 2.24) is 19.4 Å². The average molecular weight is 564 g/mol. The summed E-state index contributed by atoms with van der Waals surface area (Å²) < 4.78 is 12.8. The van der Waals surface area contributed by atoms with Crippen molar-refractivity contribution in [3.63, 3.8) is 0 Å². The van der Waals surface area contributed by atoms with Gasteiger partial charge < -0.3 is 18.9 Å². The summed E-state index contributed by atoms with van der Waals surface area (Å²) in [5.74, 6) is 0.203. The molecule has 2 aromatic carbocycles. The van der Waals surface area contributed by atoms with Crippen molar-refractivity contribution in [3.05, 3.63) is 88.7 Å². The maximum Gasteiger partial charge on any atom is 0.262 e. The number of hydrogen-bond donors (Lipinski definition) is 0. The summed E-state index contributed by atoms with van der Waals surface area (Å²) in [6, 6.07) is 18.3. The topological polar surface area (TPSA) is 79.6 Å². The van der Waals surface area contributed by atoms with Crippen LogP contribution in [0.4, 0.5) is 0 Å². The first-order valence-electron chi connectivity index (χ1n) is 13.4. The summed E-state index contributed by atoms with van der Waals surface area (Å²) in [6.07, 6.45) is 2.52. The third-order valence-electron chi connectivity index (χ3n) is 7.41. The van der Waals surface area contributed by atoms with Gasteiger partial charge in [0, 0.05) is 45.8 Å². The molecule has 0 N–H and O–H groups in total. The van der Waals surface area contributed by atoms with E-state index in [0.29, 0.717) is 43.3 Å². The van der Waals surface area contributed by atoms with Crippen molar-refractivity contribution in [2.24, 2.45) is 12.1 Å². The molecule has 0 aliphatic carbocycles. The van der Waals surface area contributed by atoms with Crippen molar-refractivity contribution >= 4 is 29.1 Å². The van der Waals surface area contributed by atoms with Gasteiger partial charge in [0.2, 0.25) is 0 Å². The van der Waals surface area contributed by atoms with Gasteiger partial charge in [0.1, 0.15) is 12.3 Å². The highest BCUT2D eigenvalue weighted by molar-refractivity contribution is 6.33. The van der Waals surface area contributed by atoms with E-state index >= 15 is 0 Å². The molecule has 10 heteroatoms. The minimum atomic E-state index is -0.306. The van der Waals surface area contributed by atoms with Crippen LogP contribution in [0.25, 0.3) is 0 Å². The molecule has 0 saturated carbocycles. The van der Waals surface area contributed by atoms with Crippen LogP contribution in [0.2, 0.25) is 5.02 Å². The molecule has 40 heavy (non-hydrogen) atoms. The van der Waals surface area contributed by atoms with Gasteiger partial charge in [0.05, 0.1) is 48.4 Å². The number of rotatable bonds is 9. The Bertz CT molecular complexity index is 1370. The molecule has 1 saturated heterocycles. The van der Waals surface area contributed by atoms with E-state index in [1.165, 1.54) is 5.01 Å². The number of morpholine rings is 1. The maximum absolute atomic E-state index is 14.0. The van der Waals surface area contributed by atoms with Gasteiger partial charge in [0.25, 0.3) is 11.8 Å². The van der Waals surface area contributed by atoms with Gasteiger partial charge in [-0.2, -0.15) is 5.10 Å². The zero-order valence-electron chi connectivity index (χ0n) is 22.8. The Labute approximate surface area is 239 Å². The first-order valence-corrected chi connectivity index (χ1v) is 13.8. The molecule has 0 radical (unpaired) electrons. The quantitative estimate of drug-likeness (QED) is 0.395. The van der Waals surface area contributed by atoms with E-state index in [1.54, 1.807) is 36.3 Å². The number of aryl methyl sites for hydroxylation is 1. The van der Waals surface area contributed by atoms with Gasteiger partial charge in [-0.05, 0) is 42.0 Å². The van der Waals surface area contributed by atoms with Crippen molar-refractivity contribution in [1.29, 1.82) is 0 Å². The summed E-state index contributed by atoms with van der Waals surface area (Å²) >= 11 is 6.39. The van der Waals surface area contributed by atoms with E-state index < -0.39 is 0 Å². The molecule has 2 aliphatic heterocycles. The molecule has 1 aromatic heterocycles. The monoisotopic (exact) mass is 563 g/mol. The van der Waals surface area contributed by atoms with E-state index in [9.17, 15) is 9.59 Å². The lowest BCUT2D eigenvalue weighted by molar-refractivity contribution is -0.133. The van der Waals surface area contributed by atoms with Crippen LogP contribution in [-0.2, 0) is 16.6 Å². The van der Waals surface area contributed by atoms with Gasteiger partial charge in [-0.3, -0.25) is 14.5 Å². The first kappa shape index (κ1) is 27.9. The largest absolute Gasteiger partial charge is 0.497 e. The van der Waals surface area contributed by atoms with Gasteiger partial charge in [-0.1, -0.05) is 35.9 Å². The Morgan fingerprint density at radius 3 is 2.50 bits per heavy atom. The van der Waals surface area contributed by atoms with Crippen molar-refractivity contribution in [2.45, 2.75) is 12.5 Å². The Balaban J connectivity index is 1.42. The molecule has 0 unspecified atom stereocenters. The van der Waals surface area contributed by atoms with Crippen LogP contribution in [0.15, 0.2) is 72.0 Å². The standard InChI is InChI=1S/C30H34ClN5O4/c1-33-13-5-8-27(33)26-20-28(22-9-11-23(39-2)12-10-22)36(32-26)29(37)21-35(15-14-34-16-18-40-19-17-34)30(38)24-6-3-4-7-25(24)31/h3-13,28H,14-21H2,1-2H3/t28-/m1/s1. The van der Waals surface area contributed by atoms with Gasteiger partial charge in [-0.25, -0.2) is 5.01 Å². The molecule has 5 rings (SSSR count). The fourth-order valence-corrected chi connectivity index (χ4v) is 5.34. The van der Waals surface area contributed by atoms with Crippen LogP contribution in [0, 0.1) is 0 Å². The zero-order chi connectivity index (χ0) is 28.1. The Morgan fingerprint density at radius 1 is 1.07 bits per heavy atom. The van der Waals surface area contributed by atoms with Gasteiger partial charge >= 0.3 is 0 Å². The van der Waals surface area contributed by atoms with Crippen LogP contribution >= 0.6 is 11.6 Å². The second kappa shape index (κ2) is 12.7. The molecule has 210 valence electrons. The van der Waals surface area contributed by atoms with Crippen molar-refractivity contribution in [2.75, 3.05) is 53.0 Å². The van der Waals surface area contributed by atoms with E-state index in [2.05, 4.69) is 4.90 Å². The number of halogens is 1. The van der Waals surface area contributed by atoms with Crippen LogP contribution in [0.1, 0.15) is 34.1 Å². The van der Waals surface area contributed by atoms with E-state index in [4.69, 9.17) is 26.2 Å². The third-order valence-corrected chi connectivity index (χ3v) is 7.74. The Hall–Kier alpha value is -3.66. The predicted octanol–water partition coefficient (Wildman–Crippen LogP) is 3.84. The van der Waals surface area contributed by atoms with Crippen molar-refractivity contribution < 1.29 is 19.1 Å². The van der Waals surface area contributed by atoms with E-state index in [1.807, 2.05) is 54.2 Å². The molecule has 2 amide bonds. The fraction of sp³-hybridized carbons (Fsp3) is 0.367. The number of aromatic nitrogens is 1. The molecule has 0 spiro atoms. The number of methoxy groups -OCH3 is 1. The first-order chi connectivity index (χ1) is 19.4. The molecule has 1 atom stereocenters. The van der Waals surface area contributed by atoms with Crippen LogP contribution in [0.3, 0.4) is 0 Å². The summed E-state index contributed by atoms with van der Waals surface area (Å²) in [6.45, 7) is 3.79. The number of hydrogen-bond acceptors (Lipinski definition) is 6. The lowest BCUT2D eigenvalue weighted by Crippen LogP contribution is -2.46. The molecular formula is C30H34ClN5O4. The maximum atomic E-state index is 14.0. The Morgan fingerprint density at radius 2 is 1.82 bits per heavy atom. The van der Waals surface area contributed by atoms with Crippen molar-refractivity contribution in [3.8, 4) is 5.75 Å². The number of carbonyl (C=O) groups is 2. The lowest BCUT2D eigenvalue weighted by atomic mass is 10.0. The molecule has 1 fully saturated rings. The summed E-state index contributed by atoms with van der Waals surface area (Å²) in [7, 11) is 3.58. The minimum Gasteiger partial charge on any atom is -0.497 e. The van der Waals surface area contributed by atoms with Gasteiger partial charge in [-0.15, -0.1) is 0 Å². The second-order valence-corrected chi connectivity index (χ2v) is 10.4. The summed E-state index contributed by atoms with van der Waals surface area (Å²) in [5.41, 5.74) is 3.09. The highest BCUT2D eigenvalue weighted by atomic mass is 35.5. The predicted molar refractivity (Wildman–Crippen MR) is 154 cm³/mol. The molecule has 0 bridgehead atoms. The number of ether oxygens (including phenoxy) is 2. The summed E-state index contributed by atoms with van der Waals surface area (Å²) in [5, 5.41) is 6.69. The number of nitrogens with zero attached hydrogens (tertiary/aromatic N) is 5. The average Bonchev–Trinajstić information content (AvgIpc) is 3.62. The fourth-order valence-electron chi connectivity index (χ4n) is 5.12. The Kier molecular flexibility index (Phi) is 8.84. The number of hydrazone groups is 1.